The predicted octanol–water partition coefficient (Wildman–Crippen LogP) is -1.72. The molecule has 1 aromatic rings. The van der Waals surface area contributed by atoms with E-state index in [1.807, 2.05) is 18.2 Å². The third-order valence-corrected chi connectivity index (χ3v) is 0.940. The molecule has 0 spiro atoms. The third kappa shape index (κ3) is 10.3. The molecule has 1 unspecified atom stereocenters. The zero-order valence-corrected chi connectivity index (χ0v) is 9.70. The van der Waals surface area contributed by atoms with Crippen molar-refractivity contribution in [3.05, 3.63) is 35.9 Å². The van der Waals surface area contributed by atoms with Gasteiger partial charge in [0.25, 0.3) is 8.69 Å². The van der Waals surface area contributed by atoms with Crippen molar-refractivity contribution in [1.29, 1.82) is 0 Å². The summed E-state index contributed by atoms with van der Waals surface area (Å²) in [6.45, 7) is 2.08. The van der Waals surface area contributed by atoms with E-state index in [4.69, 9.17) is 9.46 Å². The van der Waals surface area contributed by atoms with Crippen molar-refractivity contribution in [3.63, 3.8) is 0 Å². The number of aryl methyl sites for hydroxylation is 1. The van der Waals surface area contributed by atoms with Crippen LogP contribution in [0, 0.1) is 6.92 Å². The average Bonchev–Trinajstić information content (AvgIpc) is 1.91. The van der Waals surface area contributed by atoms with Crippen molar-refractivity contribution in [1.82, 2.24) is 0 Å². The number of benzene rings is 1. The second-order valence-corrected chi connectivity index (χ2v) is 1.90. The van der Waals surface area contributed by atoms with Gasteiger partial charge in [0.1, 0.15) is 0 Å². The maximum atomic E-state index is 8.40. The van der Waals surface area contributed by atoms with Crippen molar-refractivity contribution in [3.8, 4) is 0 Å². The zero-order valence-electron chi connectivity index (χ0n) is 6.70. The second-order valence-electron chi connectivity index (χ2n) is 1.74. The van der Waals surface area contributed by atoms with Crippen molar-refractivity contribution in [2.45, 2.75) is 6.92 Å². The van der Waals surface area contributed by atoms with Gasteiger partial charge >= 0.3 is 29.6 Å². The Morgan fingerprint density at radius 1 is 1.27 bits per heavy atom. The van der Waals surface area contributed by atoms with Crippen LogP contribution in [0.2, 0.25) is 0 Å². The van der Waals surface area contributed by atoms with Gasteiger partial charge in [-0.05, 0) is 6.92 Å². The van der Waals surface area contributed by atoms with Gasteiger partial charge in [-0.1, -0.05) is 40.5 Å². The van der Waals surface area contributed by atoms with Crippen LogP contribution in [0.4, 0.5) is 0 Å². The summed E-state index contributed by atoms with van der Waals surface area (Å²) < 4.78 is 8.40. The smallest absolute Gasteiger partial charge is 0.597 e. The van der Waals surface area contributed by atoms with Crippen LogP contribution in [0.15, 0.2) is 30.3 Å². The van der Waals surface area contributed by atoms with E-state index in [2.05, 4.69) is 19.1 Å². The summed E-state index contributed by atoms with van der Waals surface area (Å²) in [5.74, 6) is 0. The van der Waals surface area contributed by atoms with Crippen LogP contribution < -0.4 is 34.5 Å². The molecule has 0 bridgehead atoms. The summed E-state index contributed by atoms with van der Waals surface area (Å²) in [5.41, 5.74) is 1.32. The fourth-order valence-corrected chi connectivity index (χ4v) is 0.534. The molecule has 0 amide bonds. The zero-order chi connectivity index (χ0) is 7.82. The first kappa shape index (κ1) is 13.8. The molecule has 0 heterocycles. The molecule has 0 saturated carbocycles. The van der Waals surface area contributed by atoms with E-state index < -0.39 is 8.69 Å². The molecule has 0 saturated heterocycles. The molecule has 0 aliphatic carbocycles. The SMILES string of the molecule is Cc1ccccc1.O=[PH+][O-].[Na+]. The molecule has 1 rings (SSSR count). The summed E-state index contributed by atoms with van der Waals surface area (Å²) in [5, 5.41) is 0. The Hall–Kier alpha value is 0.280. The van der Waals surface area contributed by atoms with E-state index in [-0.39, 0.29) is 29.6 Å². The first-order valence-electron chi connectivity index (χ1n) is 2.82. The topological polar surface area (TPSA) is 40.1 Å². The molecule has 54 valence electrons. The van der Waals surface area contributed by atoms with Crippen LogP contribution >= 0.6 is 8.69 Å². The molecular formula is C7H9NaO2P+. The molecule has 0 N–H and O–H groups in total. The number of rotatable bonds is 0. The van der Waals surface area contributed by atoms with Crippen molar-refractivity contribution in [2.75, 3.05) is 0 Å². The maximum Gasteiger partial charge on any atom is 1.00 e. The van der Waals surface area contributed by atoms with E-state index in [1.165, 1.54) is 5.56 Å². The number of hydrogen-bond donors (Lipinski definition) is 0. The molecule has 0 fully saturated rings. The third-order valence-electron chi connectivity index (χ3n) is 0.940. The largest absolute Gasteiger partial charge is 1.00 e. The second kappa shape index (κ2) is 10.3. The van der Waals surface area contributed by atoms with Crippen LogP contribution in [0.1, 0.15) is 5.56 Å². The molecule has 2 nitrogen and oxygen atoms in total. The standard InChI is InChI=1S/C7H8.Na.HO2P/c1-7-5-3-2-4-6-7;;1-3-2/h2-6H,1H3;;3H/q;+1;. The molecule has 4 heteroatoms. The van der Waals surface area contributed by atoms with Gasteiger partial charge in [0.05, 0.1) is 0 Å². The molecule has 0 aromatic heterocycles. The molecule has 0 radical (unpaired) electrons. The maximum absolute atomic E-state index is 8.40. The molecule has 1 atom stereocenters. The van der Waals surface area contributed by atoms with Gasteiger partial charge in [-0.25, -0.2) is 0 Å². The van der Waals surface area contributed by atoms with E-state index >= 15 is 0 Å². The average molecular weight is 179 g/mol. The van der Waals surface area contributed by atoms with Gasteiger partial charge in [-0.3, -0.25) is 0 Å². The Balaban J connectivity index is 0. The minimum absolute atomic E-state index is 0. The fraction of sp³-hybridized carbons (Fsp3) is 0.143. The van der Waals surface area contributed by atoms with Crippen molar-refractivity contribution < 1.29 is 39.0 Å². The van der Waals surface area contributed by atoms with E-state index in [1.54, 1.807) is 0 Å². The van der Waals surface area contributed by atoms with Gasteiger partial charge in [0, 0.05) is 0 Å². The van der Waals surface area contributed by atoms with Gasteiger partial charge in [0.15, 0.2) is 0 Å². The normalized spacial score (nSPS) is 7.45. The molecule has 1 aromatic carbocycles. The Morgan fingerprint density at radius 3 is 1.82 bits per heavy atom. The molecule has 0 aliphatic heterocycles. The predicted molar refractivity (Wildman–Crippen MR) is 40.2 cm³/mol. The summed E-state index contributed by atoms with van der Waals surface area (Å²) >= 11 is 0. The molecule has 0 aliphatic rings. The van der Waals surface area contributed by atoms with Crippen LogP contribution in [0.3, 0.4) is 0 Å². The van der Waals surface area contributed by atoms with Crippen LogP contribution in [0.5, 0.6) is 0 Å². The minimum atomic E-state index is -1.42. The van der Waals surface area contributed by atoms with Crippen molar-refractivity contribution >= 4 is 8.69 Å². The van der Waals surface area contributed by atoms with E-state index in [9.17, 15) is 0 Å². The quantitative estimate of drug-likeness (QED) is 0.351. The van der Waals surface area contributed by atoms with Gasteiger partial charge in [0.2, 0.25) is 0 Å². The van der Waals surface area contributed by atoms with Crippen molar-refractivity contribution in [2.24, 2.45) is 0 Å². The van der Waals surface area contributed by atoms with E-state index in [0.29, 0.717) is 0 Å². The monoisotopic (exact) mass is 179 g/mol. The van der Waals surface area contributed by atoms with E-state index in [0.717, 1.165) is 0 Å². The first-order chi connectivity index (χ1) is 4.81. The van der Waals surface area contributed by atoms with Crippen LogP contribution in [-0.2, 0) is 4.57 Å². The summed E-state index contributed by atoms with van der Waals surface area (Å²) in [6, 6.07) is 10.3. The number of hydrogen-bond acceptors (Lipinski definition) is 2. The Kier molecular flexibility index (Phi) is 12.9. The summed E-state index contributed by atoms with van der Waals surface area (Å²) in [4.78, 5) is 8.40. The first-order valence-corrected chi connectivity index (χ1v) is 3.64. The Labute approximate surface area is 90.2 Å². The summed E-state index contributed by atoms with van der Waals surface area (Å²) in [7, 11) is -1.42. The molecular weight excluding hydrogens is 170 g/mol. The minimum Gasteiger partial charge on any atom is -0.597 e. The van der Waals surface area contributed by atoms with Crippen LogP contribution in [0.25, 0.3) is 0 Å². The molecule has 11 heavy (non-hydrogen) atoms. The fourth-order valence-electron chi connectivity index (χ4n) is 0.534. The Bertz CT molecular complexity index is 179. The Morgan fingerprint density at radius 2 is 1.64 bits per heavy atom. The van der Waals surface area contributed by atoms with Gasteiger partial charge < -0.3 is 4.89 Å². The van der Waals surface area contributed by atoms with Gasteiger partial charge in [-0.15, -0.1) is 0 Å². The van der Waals surface area contributed by atoms with Crippen LogP contribution in [-0.4, -0.2) is 0 Å². The van der Waals surface area contributed by atoms with Gasteiger partial charge in [-0.2, -0.15) is 0 Å². The summed E-state index contributed by atoms with van der Waals surface area (Å²) in [6.07, 6.45) is 0.